The van der Waals surface area contributed by atoms with Crippen LogP contribution in [0.4, 0.5) is 0 Å². The zero-order valence-corrected chi connectivity index (χ0v) is 8.31. The number of halogens is 2. The van der Waals surface area contributed by atoms with Crippen molar-refractivity contribution in [2.24, 2.45) is 0 Å². The van der Waals surface area contributed by atoms with Crippen LogP contribution in [0.25, 0.3) is 0 Å². The van der Waals surface area contributed by atoms with Gasteiger partial charge in [0.15, 0.2) is 0 Å². The molecule has 0 bridgehead atoms. The van der Waals surface area contributed by atoms with Gasteiger partial charge in [-0.2, -0.15) is 0 Å². The summed E-state index contributed by atoms with van der Waals surface area (Å²) in [6.45, 7) is 0. The van der Waals surface area contributed by atoms with Gasteiger partial charge in [0.2, 0.25) is 0 Å². The van der Waals surface area contributed by atoms with Crippen LogP contribution in [0.15, 0.2) is 24.3 Å². The van der Waals surface area contributed by atoms with E-state index in [-0.39, 0.29) is 18.3 Å². The predicted octanol–water partition coefficient (Wildman–Crippen LogP) is 2.87. The van der Waals surface area contributed by atoms with Crippen molar-refractivity contribution in [1.82, 2.24) is 0 Å². The lowest BCUT2D eigenvalue weighted by molar-refractivity contribution is -0.133. The molecule has 70 valence electrons. The Morgan fingerprint density at radius 3 is 2.46 bits per heavy atom. The predicted molar refractivity (Wildman–Crippen MR) is 52.4 cm³/mol. The molecule has 1 aromatic carbocycles. The molecule has 0 fully saturated rings. The highest BCUT2D eigenvalue weighted by Gasteiger charge is 2.02. The molecule has 0 heterocycles. The van der Waals surface area contributed by atoms with Gasteiger partial charge < -0.3 is 4.74 Å². The molecule has 0 aliphatic heterocycles. The molecule has 1 aromatic rings. The van der Waals surface area contributed by atoms with E-state index in [9.17, 15) is 4.79 Å². The number of ether oxygens (including phenoxy) is 1. The van der Waals surface area contributed by atoms with Crippen LogP contribution in [0.3, 0.4) is 0 Å². The lowest BCUT2D eigenvalue weighted by Crippen LogP contribution is -2.07. The second kappa shape index (κ2) is 5.10. The summed E-state index contributed by atoms with van der Waals surface area (Å²) in [7, 11) is 0. The van der Waals surface area contributed by atoms with Crippen LogP contribution < -0.4 is 4.74 Å². The van der Waals surface area contributed by atoms with Crippen molar-refractivity contribution in [3.8, 4) is 5.75 Å². The van der Waals surface area contributed by atoms with Gasteiger partial charge in [0.1, 0.15) is 5.75 Å². The van der Waals surface area contributed by atoms with E-state index >= 15 is 0 Å². The molecular formula is C9H8Cl2O2. The van der Waals surface area contributed by atoms with Crippen molar-refractivity contribution in [2.45, 2.75) is 6.42 Å². The molecule has 0 N–H and O–H groups in total. The highest BCUT2D eigenvalue weighted by atomic mass is 35.5. The summed E-state index contributed by atoms with van der Waals surface area (Å²) in [5.74, 6) is 0.420. The number of hydrogen-bond acceptors (Lipinski definition) is 2. The largest absolute Gasteiger partial charge is 0.426 e. The van der Waals surface area contributed by atoms with Gasteiger partial charge in [0, 0.05) is 10.9 Å². The maximum atomic E-state index is 11.0. The molecule has 0 saturated heterocycles. The van der Waals surface area contributed by atoms with E-state index in [2.05, 4.69) is 0 Å². The first-order valence-corrected chi connectivity index (χ1v) is 4.66. The van der Waals surface area contributed by atoms with E-state index in [1.807, 2.05) is 0 Å². The van der Waals surface area contributed by atoms with E-state index in [1.54, 1.807) is 24.3 Å². The Morgan fingerprint density at radius 1 is 1.31 bits per heavy atom. The summed E-state index contributed by atoms with van der Waals surface area (Å²) in [5, 5.41) is 0.608. The number of hydrogen-bond donors (Lipinski definition) is 0. The number of benzene rings is 1. The molecule has 0 saturated carbocycles. The molecule has 0 unspecified atom stereocenters. The van der Waals surface area contributed by atoms with Gasteiger partial charge in [-0.3, -0.25) is 4.79 Å². The summed E-state index contributed by atoms with van der Waals surface area (Å²) in [6.07, 6.45) is 0.212. The van der Waals surface area contributed by atoms with Gasteiger partial charge in [-0.15, -0.1) is 11.6 Å². The molecule has 0 atom stereocenters. The third-order valence-corrected chi connectivity index (χ3v) is 1.78. The smallest absolute Gasteiger partial charge is 0.312 e. The Kier molecular flexibility index (Phi) is 4.06. The van der Waals surface area contributed by atoms with Crippen LogP contribution in [0.2, 0.25) is 5.02 Å². The molecule has 0 amide bonds. The minimum atomic E-state index is -0.336. The fourth-order valence-corrected chi connectivity index (χ4v) is 1.04. The SMILES string of the molecule is O=C(CCCl)Oc1ccc(Cl)cc1. The first kappa shape index (κ1) is 10.4. The average Bonchev–Trinajstić information content (AvgIpc) is 2.09. The second-order valence-electron chi connectivity index (χ2n) is 2.37. The van der Waals surface area contributed by atoms with E-state index < -0.39 is 0 Å². The van der Waals surface area contributed by atoms with Gasteiger partial charge in [0.05, 0.1) is 6.42 Å². The standard InChI is InChI=1S/C9H8Cl2O2/c10-6-5-9(12)13-8-3-1-7(11)2-4-8/h1-4H,5-6H2. The zero-order valence-electron chi connectivity index (χ0n) is 6.80. The molecule has 0 aromatic heterocycles. The minimum Gasteiger partial charge on any atom is -0.426 e. The lowest BCUT2D eigenvalue weighted by Gasteiger charge is -2.01. The summed E-state index contributed by atoms with van der Waals surface area (Å²) < 4.78 is 4.93. The molecule has 1 rings (SSSR count). The van der Waals surface area contributed by atoms with Crippen molar-refractivity contribution >= 4 is 29.2 Å². The number of carbonyl (C=O) groups excluding carboxylic acids is 1. The third-order valence-electron chi connectivity index (χ3n) is 1.34. The molecular weight excluding hydrogens is 211 g/mol. The number of rotatable bonds is 3. The van der Waals surface area contributed by atoms with Gasteiger partial charge >= 0.3 is 5.97 Å². The number of alkyl halides is 1. The van der Waals surface area contributed by atoms with Crippen LogP contribution in [0.5, 0.6) is 5.75 Å². The second-order valence-corrected chi connectivity index (χ2v) is 3.18. The maximum absolute atomic E-state index is 11.0. The Balaban J connectivity index is 2.54. The van der Waals surface area contributed by atoms with Gasteiger partial charge in [-0.25, -0.2) is 0 Å². The van der Waals surface area contributed by atoms with Gasteiger partial charge in [-0.1, -0.05) is 11.6 Å². The summed E-state index contributed by atoms with van der Waals surface area (Å²) >= 11 is 11.0. The molecule has 2 nitrogen and oxygen atoms in total. The summed E-state index contributed by atoms with van der Waals surface area (Å²) in [6, 6.07) is 6.58. The van der Waals surface area contributed by atoms with Crippen molar-refractivity contribution in [2.75, 3.05) is 5.88 Å². The van der Waals surface area contributed by atoms with Crippen LogP contribution in [0, 0.1) is 0 Å². The van der Waals surface area contributed by atoms with E-state index in [1.165, 1.54) is 0 Å². The highest BCUT2D eigenvalue weighted by molar-refractivity contribution is 6.30. The molecule has 13 heavy (non-hydrogen) atoms. The normalized spacial score (nSPS) is 9.69. The average molecular weight is 219 g/mol. The quantitative estimate of drug-likeness (QED) is 0.443. The maximum Gasteiger partial charge on any atom is 0.312 e. The monoisotopic (exact) mass is 218 g/mol. The van der Waals surface area contributed by atoms with Crippen LogP contribution in [0.1, 0.15) is 6.42 Å². The minimum absolute atomic E-state index is 0.212. The number of carbonyl (C=O) groups is 1. The van der Waals surface area contributed by atoms with Crippen molar-refractivity contribution in [3.05, 3.63) is 29.3 Å². The number of esters is 1. The van der Waals surface area contributed by atoms with E-state index in [4.69, 9.17) is 27.9 Å². The van der Waals surface area contributed by atoms with Gasteiger partial charge in [0.25, 0.3) is 0 Å². The van der Waals surface area contributed by atoms with Crippen molar-refractivity contribution in [1.29, 1.82) is 0 Å². The summed E-state index contributed by atoms with van der Waals surface area (Å²) in [5.41, 5.74) is 0. The Labute approximate surface area is 86.4 Å². The van der Waals surface area contributed by atoms with E-state index in [0.29, 0.717) is 10.8 Å². The van der Waals surface area contributed by atoms with Crippen molar-refractivity contribution < 1.29 is 9.53 Å². The van der Waals surface area contributed by atoms with Gasteiger partial charge in [-0.05, 0) is 24.3 Å². The Morgan fingerprint density at radius 2 is 1.92 bits per heavy atom. The molecule has 0 aliphatic rings. The Hall–Kier alpha value is -0.730. The fraction of sp³-hybridized carbons (Fsp3) is 0.222. The molecule has 0 aliphatic carbocycles. The molecule has 0 radical (unpaired) electrons. The highest BCUT2D eigenvalue weighted by Crippen LogP contribution is 2.15. The first-order valence-electron chi connectivity index (χ1n) is 3.74. The Bertz CT molecular complexity index is 282. The fourth-order valence-electron chi connectivity index (χ4n) is 0.762. The van der Waals surface area contributed by atoms with Crippen LogP contribution in [-0.2, 0) is 4.79 Å². The topological polar surface area (TPSA) is 26.3 Å². The first-order chi connectivity index (χ1) is 6.22. The third kappa shape index (κ3) is 3.66. The summed E-state index contributed by atoms with van der Waals surface area (Å²) in [4.78, 5) is 11.0. The zero-order chi connectivity index (χ0) is 9.68. The van der Waals surface area contributed by atoms with Crippen LogP contribution in [-0.4, -0.2) is 11.8 Å². The lowest BCUT2D eigenvalue weighted by atomic mass is 10.3. The molecule has 0 spiro atoms. The van der Waals surface area contributed by atoms with Crippen LogP contribution >= 0.6 is 23.2 Å². The molecule has 4 heteroatoms. The van der Waals surface area contributed by atoms with E-state index in [0.717, 1.165) is 0 Å². The van der Waals surface area contributed by atoms with Crippen molar-refractivity contribution in [3.63, 3.8) is 0 Å².